The first kappa shape index (κ1) is 18.2. The van der Waals surface area contributed by atoms with Crippen LogP contribution in [0.2, 0.25) is 0 Å². The van der Waals surface area contributed by atoms with E-state index in [4.69, 9.17) is 4.74 Å². The van der Waals surface area contributed by atoms with Crippen molar-refractivity contribution in [2.45, 2.75) is 38.7 Å². The molecule has 0 bridgehead atoms. The summed E-state index contributed by atoms with van der Waals surface area (Å²) in [6, 6.07) is 3.13. The molecule has 1 aliphatic rings. The van der Waals surface area contributed by atoms with Crippen molar-refractivity contribution < 1.29 is 28.2 Å². The predicted octanol–water partition coefficient (Wildman–Crippen LogP) is 3.39. The first-order valence-corrected chi connectivity index (χ1v) is 7.74. The molecule has 1 N–H and O–H groups in total. The average molecular weight is 341 g/mol. The summed E-state index contributed by atoms with van der Waals surface area (Å²) in [6.45, 7) is 5.34. The number of rotatable bonds is 2. The van der Waals surface area contributed by atoms with Crippen molar-refractivity contribution >= 4 is 12.1 Å². The van der Waals surface area contributed by atoms with Crippen LogP contribution >= 0.6 is 0 Å². The van der Waals surface area contributed by atoms with Gasteiger partial charge in [-0.2, -0.15) is 0 Å². The van der Waals surface area contributed by atoms with Gasteiger partial charge < -0.3 is 14.7 Å². The van der Waals surface area contributed by atoms with Gasteiger partial charge >= 0.3 is 12.1 Å². The summed E-state index contributed by atoms with van der Waals surface area (Å²) in [5.74, 6) is -4.21. The first-order chi connectivity index (χ1) is 11.1. The SMILES string of the molecule is CC(C)(C)OC(=O)N1CC[C@@H](c2ccc(F)cc2F)[C@@H](C(=O)O)C1. The minimum Gasteiger partial charge on any atom is -0.481 e. The third-order valence-corrected chi connectivity index (χ3v) is 3.94. The maximum absolute atomic E-state index is 14.0. The number of halogens is 2. The van der Waals surface area contributed by atoms with Gasteiger partial charge in [-0.25, -0.2) is 13.6 Å². The fourth-order valence-corrected chi connectivity index (χ4v) is 2.87. The quantitative estimate of drug-likeness (QED) is 0.895. The van der Waals surface area contributed by atoms with Gasteiger partial charge in [0.15, 0.2) is 0 Å². The maximum Gasteiger partial charge on any atom is 0.410 e. The molecule has 0 saturated carbocycles. The van der Waals surface area contributed by atoms with Gasteiger partial charge in [0.25, 0.3) is 0 Å². The number of hydrogen-bond donors (Lipinski definition) is 1. The number of aliphatic carboxylic acids is 1. The zero-order valence-corrected chi connectivity index (χ0v) is 13.9. The molecule has 1 aliphatic heterocycles. The normalized spacial score (nSPS) is 21.5. The molecule has 2 rings (SSSR count). The fourth-order valence-electron chi connectivity index (χ4n) is 2.87. The predicted molar refractivity (Wildman–Crippen MR) is 82.6 cm³/mol. The minimum atomic E-state index is -1.13. The number of amides is 1. The summed E-state index contributed by atoms with van der Waals surface area (Å²) in [5.41, 5.74) is -0.525. The van der Waals surface area contributed by atoms with Crippen molar-refractivity contribution in [1.82, 2.24) is 4.90 Å². The molecular formula is C17H21F2NO4. The fraction of sp³-hybridized carbons (Fsp3) is 0.529. The van der Waals surface area contributed by atoms with Gasteiger partial charge in [0.05, 0.1) is 5.92 Å². The highest BCUT2D eigenvalue weighted by molar-refractivity contribution is 5.74. The molecular weight excluding hydrogens is 320 g/mol. The molecule has 1 aromatic rings. The Bertz CT molecular complexity index is 642. The lowest BCUT2D eigenvalue weighted by atomic mass is 9.80. The van der Waals surface area contributed by atoms with Crippen LogP contribution in [0.4, 0.5) is 13.6 Å². The Morgan fingerprint density at radius 1 is 1.29 bits per heavy atom. The molecule has 0 radical (unpaired) electrons. The Labute approximate surface area is 139 Å². The Balaban J connectivity index is 2.20. The van der Waals surface area contributed by atoms with Gasteiger partial charge in [-0.05, 0) is 38.8 Å². The third kappa shape index (κ3) is 4.21. The number of carbonyl (C=O) groups is 2. The topological polar surface area (TPSA) is 66.8 Å². The molecule has 0 spiro atoms. The van der Waals surface area contributed by atoms with Crippen LogP contribution in [0.1, 0.15) is 38.7 Å². The van der Waals surface area contributed by atoms with Gasteiger partial charge in [-0.15, -0.1) is 0 Å². The monoisotopic (exact) mass is 341 g/mol. The van der Waals surface area contributed by atoms with Crippen LogP contribution in [0.3, 0.4) is 0 Å². The molecule has 0 aromatic heterocycles. The van der Waals surface area contributed by atoms with Crippen LogP contribution in [-0.4, -0.2) is 40.8 Å². The lowest BCUT2D eigenvalue weighted by Crippen LogP contribution is -2.47. The van der Waals surface area contributed by atoms with Crippen molar-refractivity contribution in [1.29, 1.82) is 0 Å². The van der Waals surface area contributed by atoms with E-state index in [9.17, 15) is 23.5 Å². The Hall–Kier alpha value is -2.18. The van der Waals surface area contributed by atoms with E-state index < -0.39 is 41.1 Å². The van der Waals surface area contributed by atoms with Crippen LogP contribution in [0.5, 0.6) is 0 Å². The number of piperidine rings is 1. The Morgan fingerprint density at radius 2 is 1.96 bits per heavy atom. The van der Waals surface area contributed by atoms with E-state index in [2.05, 4.69) is 0 Å². The van der Waals surface area contributed by atoms with Gasteiger partial charge in [0, 0.05) is 25.1 Å². The summed E-state index contributed by atoms with van der Waals surface area (Å²) in [5, 5.41) is 9.47. The molecule has 0 unspecified atom stereocenters. The van der Waals surface area contributed by atoms with Crippen molar-refractivity contribution in [3.63, 3.8) is 0 Å². The molecule has 1 saturated heterocycles. The summed E-state index contributed by atoms with van der Waals surface area (Å²) in [6.07, 6.45) is -0.328. The molecule has 1 amide bonds. The number of nitrogens with zero attached hydrogens (tertiary/aromatic N) is 1. The summed E-state index contributed by atoms with van der Waals surface area (Å²) in [4.78, 5) is 25.0. The second-order valence-corrected chi connectivity index (χ2v) is 6.93. The molecule has 1 heterocycles. The highest BCUT2D eigenvalue weighted by Crippen LogP contribution is 2.35. The smallest absolute Gasteiger partial charge is 0.410 e. The molecule has 1 fully saturated rings. The largest absolute Gasteiger partial charge is 0.481 e. The van der Waals surface area contributed by atoms with E-state index in [1.165, 1.54) is 11.0 Å². The van der Waals surface area contributed by atoms with Crippen LogP contribution in [0, 0.1) is 17.6 Å². The number of hydrogen-bond acceptors (Lipinski definition) is 3. The number of likely N-dealkylation sites (tertiary alicyclic amines) is 1. The van der Waals surface area contributed by atoms with Crippen molar-refractivity contribution in [3.8, 4) is 0 Å². The van der Waals surface area contributed by atoms with Gasteiger partial charge in [-0.3, -0.25) is 4.79 Å². The lowest BCUT2D eigenvalue weighted by molar-refractivity contribution is -0.144. The molecule has 1 aromatic carbocycles. The summed E-state index contributed by atoms with van der Waals surface area (Å²) < 4.78 is 32.3. The highest BCUT2D eigenvalue weighted by atomic mass is 19.1. The van der Waals surface area contributed by atoms with Crippen molar-refractivity contribution in [2.75, 3.05) is 13.1 Å². The number of ether oxygens (including phenoxy) is 1. The van der Waals surface area contributed by atoms with Gasteiger partial charge in [-0.1, -0.05) is 6.07 Å². The van der Waals surface area contributed by atoms with E-state index in [1.54, 1.807) is 20.8 Å². The standard InChI is InChI=1S/C17H21F2NO4/c1-17(2,3)24-16(23)20-7-6-11(13(9-20)15(21)22)12-5-4-10(18)8-14(12)19/h4-5,8,11,13H,6-7,9H2,1-3H3,(H,21,22)/t11-,13-/m0/s1. The molecule has 24 heavy (non-hydrogen) atoms. The van der Waals surface area contributed by atoms with Crippen LogP contribution < -0.4 is 0 Å². The number of benzene rings is 1. The summed E-state index contributed by atoms with van der Waals surface area (Å²) in [7, 11) is 0. The van der Waals surface area contributed by atoms with E-state index in [0.717, 1.165) is 12.1 Å². The number of carbonyl (C=O) groups excluding carboxylic acids is 1. The van der Waals surface area contributed by atoms with E-state index >= 15 is 0 Å². The maximum atomic E-state index is 14.0. The number of carboxylic acid groups (broad SMARTS) is 1. The van der Waals surface area contributed by atoms with Crippen molar-refractivity contribution in [3.05, 3.63) is 35.4 Å². The van der Waals surface area contributed by atoms with E-state index in [1.807, 2.05) is 0 Å². The molecule has 132 valence electrons. The molecule has 7 heteroatoms. The zero-order chi connectivity index (χ0) is 18.1. The minimum absolute atomic E-state index is 0.0776. The van der Waals surface area contributed by atoms with E-state index in [-0.39, 0.29) is 25.1 Å². The molecule has 2 atom stereocenters. The van der Waals surface area contributed by atoms with E-state index in [0.29, 0.717) is 0 Å². The highest BCUT2D eigenvalue weighted by Gasteiger charge is 2.39. The Morgan fingerprint density at radius 3 is 2.50 bits per heavy atom. The average Bonchev–Trinajstić information content (AvgIpc) is 2.45. The molecule has 0 aliphatic carbocycles. The van der Waals surface area contributed by atoms with Crippen LogP contribution in [-0.2, 0) is 9.53 Å². The lowest BCUT2D eigenvalue weighted by Gasteiger charge is -2.37. The van der Waals surface area contributed by atoms with Crippen LogP contribution in [0.15, 0.2) is 18.2 Å². The van der Waals surface area contributed by atoms with Gasteiger partial charge in [0.2, 0.25) is 0 Å². The first-order valence-electron chi connectivity index (χ1n) is 7.74. The third-order valence-electron chi connectivity index (χ3n) is 3.94. The molecule has 5 nitrogen and oxygen atoms in total. The zero-order valence-electron chi connectivity index (χ0n) is 13.9. The second-order valence-electron chi connectivity index (χ2n) is 6.93. The number of carboxylic acids is 1. The second kappa shape index (κ2) is 6.75. The summed E-state index contributed by atoms with van der Waals surface area (Å²) >= 11 is 0. The van der Waals surface area contributed by atoms with Crippen molar-refractivity contribution in [2.24, 2.45) is 5.92 Å². The Kier molecular flexibility index (Phi) is 5.11. The van der Waals surface area contributed by atoms with Crippen LogP contribution in [0.25, 0.3) is 0 Å². The van der Waals surface area contributed by atoms with Gasteiger partial charge in [0.1, 0.15) is 17.2 Å².